The number of carbonyl (C=O) groups is 1. The molecular formula is C18H28N4O2. The van der Waals surface area contributed by atoms with Crippen molar-refractivity contribution >= 4 is 11.6 Å². The van der Waals surface area contributed by atoms with E-state index in [0.717, 1.165) is 51.4 Å². The highest BCUT2D eigenvalue weighted by Gasteiger charge is 2.29. The van der Waals surface area contributed by atoms with Gasteiger partial charge in [0.2, 0.25) is 5.91 Å². The van der Waals surface area contributed by atoms with Gasteiger partial charge in [0.15, 0.2) is 0 Å². The van der Waals surface area contributed by atoms with E-state index >= 15 is 0 Å². The number of hydrogen-bond donors (Lipinski definition) is 1. The number of anilines is 1. The molecule has 0 unspecified atom stereocenters. The zero-order chi connectivity index (χ0) is 16.9. The number of benzene rings is 1. The topological polar surface area (TPSA) is 62.0 Å². The highest BCUT2D eigenvalue weighted by atomic mass is 16.5. The first-order chi connectivity index (χ1) is 11.7. The summed E-state index contributed by atoms with van der Waals surface area (Å²) in [5, 5.41) is 0. The van der Waals surface area contributed by atoms with E-state index in [9.17, 15) is 4.79 Å². The lowest BCUT2D eigenvalue weighted by molar-refractivity contribution is -0.119. The number of ether oxygens (including phenoxy) is 1. The number of nitrogens with two attached hydrogens (primary N) is 1. The van der Waals surface area contributed by atoms with Gasteiger partial charge in [-0.05, 0) is 31.5 Å². The molecule has 2 aliphatic heterocycles. The smallest absolute Gasteiger partial charge is 0.231 e. The van der Waals surface area contributed by atoms with Crippen molar-refractivity contribution < 1.29 is 9.53 Å². The Bertz CT molecular complexity index is 558. The van der Waals surface area contributed by atoms with Crippen molar-refractivity contribution in [1.82, 2.24) is 9.80 Å². The van der Waals surface area contributed by atoms with Crippen molar-refractivity contribution in [2.75, 3.05) is 57.8 Å². The van der Waals surface area contributed by atoms with Crippen LogP contribution >= 0.6 is 0 Å². The number of piperidine rings is 1. The molecule has 2 heterocycles. The Balaban J connectivity index is 1.56. The van der Waals surface area contributed by atoms with Crippen molar-refractivity contribution in [3.8, 4) is 5.75 Å². The van der Waals surface area contributed by atoms with E-state index in [0.29, 0.717) is 12.6 Å². The average Bonchev–Trinajstić information content (AvgIpc) is 2.61. The maximum absolute atomic E-state index is 11.2. The molecule has 1 aromatic carbocycles. The molecule has 3 rings (SSSR count). The van der Waals surface area contributed by atoms with E-state index in [1.54, 1.807) is 7.11 Å². The van der Waals surface area contributed by atoms with Crippen LogP contribution in [0.1, 0.15) is 12.8 Å². The molecule has 24 heavy (non-hydrogen) atoms. The quantitative estimate of drug-likeness (QED) is 0.863. The normalized spacial score (nSPS) is 23.2. The zero-order valence-corrected chi connectivity index (χ0v) is 14.5. The Morgan fingerprint density at radius 3 is 2.67 bits per heavy atom. The van der Waals surface area contributed by atoms with Crippen LogP contribution in [0.25, 0.3) is 0 Å². The Labute approximate surface area is 144 Å². The molecule has 2 aliphatic rings. The molecule has 2 N–H and O–H groups in total. The average molecular weight is 332 g/mol. The van der Waals surface area contributed by atoms with Crippen LogP contribution in [0.2, 0.25) is 0 Å². The molecular weight excluding hydrogens is 304 g/mol. The second kappa shape index (κ2) is 7.85. The molecule has 0 aromatic heterocycles. The van der Waals surface area contributed by atoms with Gasteiger partial charge in [-0.1, -0.05) is 12.1 Å². The summed E-state index contributed by atoms with van der Waals surface area (Å²) in [6.07, 6.45) is 2.36. The number of nitrogens with zero attached hydrogens (tertiary/aromatic N) is 3. The molecule has 132 valence electrons. The number of amides is 1. The summed E-state index contributed by atoms with van der Waals surface area (Å²) in [6, 6.07) is 8.76. The van der Waals surface area contributed by atoms with Gasteiger partial charge in [0.05, 0.1) is 19.3 Å². The van der Waals surface area contributed by atoms with E-state index in [1.165, 1.54) is 12.1 Å². The number of primary amides is 1. The monoisotopic (exact) mass is 332 g/mol. The maximum Gasteiger partial charge on any atom is 0.231 e. The molecule has 6 nitrogen and oxygen atoms in total. The number of hydrogen-bond acceptors (Lipinski definition) is 5. The molecule has 6 heteroatoms. The summed E-state index contributed by atoms with van der Waals surface area (Å²) in [4.78, 5) is 18.3. The fourth-order valence-electron chi connectivity index (χ4n) is 3.91. The SMILES string of the molecule is COc1ccccc1N1CCN([C@H]2CCCN(CC(N)=O)C2)CC1. The Morgan fingerprint density at radius 1 is 1.21 bits per heavy atom. The molecule has 0 radical (unpaired) electrons. The second-order valence-corrected chi connectivity index (χ2v) is 6.69. The first-order valence-corrected chi connectivity index (χ1v) is 8.80. The molecule has 0 bridgehead atoms. The predicted molar refractivity (Wildman–Crippen MR) is 95.4 cm³/mol. The standard InChI is InChI=1S/C18H28N4O2/c1-24-17-7-3-2-6-16(17)22-11-9-21(10-12-22)15-5-4-8-20(13-15)14-18(19)23/h2-3,6-7,15H,4-5,8-14H2,1H3,(H2,19,23)/t15-/m0/s1. The van der Waals surface area contributed by atoms with Crippen molar-refractivity contribution in [3.63, 3.8) is 0 Å². The van der Waals surface area contributed by atoms with Crippen LogP contribution in [0.5, 0.6) is 5.75 Å². The summed E-state index contributed by atoms with van der Waals surface area (Å²) >= 11 is 0. The van der Waals surface area contributed by atoms with Crippen molar-refractivity contribution in [1.29, 1.82) is 0 Å². The first kappa shape index (κ1) is 17.0. The number of piperazine rings is 1. The summed E-state index contributed by atoms with van der Waals surface area (Å²) in [6.45, 7) is 6.44. The van der Waals surface area contributed by atoms with Crippen LogP contribution < -0.4 is 15.4 Å². The van der Waals surface area contributed by atoms with Gasteiger partial charge in [0.25, 0.3) is 0 Å². The fraction of sp³-hybridized carbons (Fsp3) is 0.611. The Hall–Kier alpha value is -1.79. The lowest BCUT2D eigenvalue weighted by Crippen LogP contribution is -2.55. The van der Waals surface area contributed by atoms with E-state index < -0.39 is 0 Å². The van der Waals surface area contributed by atoms with Crippen LogP contribution in [0, 0.1) is 0 Å². The van der Waals surface area contributed by atoms with Crippen LogP contribution in [-0.2, 0) is 4.79 Å². The van der Waals surface area contributed by atoms with Crippen molar-refractivity contribution in [2.45, 2.75) is 18.9 Å². The van der Waals surface area contributed by atoms with E-state index in [2.05, 4.69) is 26.8 Å². The highest BCUT2D eigenvalue weighted by molar-refractivity contribution is 5.75. The molecule has 2 saturated heterocycles. The van der Waals surface area contributed by atoms with Crippen LogP contribution in [0.4, 0.5) is 5.69 Å². The molecule has 1 amide bonds. The fourth-order valence-corrected chi connectivity index (χ4v) is 3.91. The lowest BCUT2D eigenvalue weighted by Gasteiger charge is -2.43. The minimum absolute atomic E-state index is 0.225. The minimum atomic E-state index is -0.225. The Morgan fingerprint density at radius 2 is 1.96 bits per heavy atom. The molecule has 0 saturated carbocycles. The predicted octanol–water partition coefficient (Wildman–Crippen LogP) is 0.767. The van der Waals surface area contributed by atoms with E-state index in [4.69, 9.17) is 10.5 Å². The molecule has 1 aromatic rings. The third-order valence-corrected chi connectivity index (χ3v) is 5.12. The molecule has 2 fully saturated rings. The van der Waals surface area contributed by atoms with Crippen LogP contribution in [-0.4, -0.2) is 74.7 Å². The summed E-state index contributed by atoms with van der Waals surface area (Å²) < 4.78 is 5.49. The van der Waals surface area contributed by atoms with Gasteiger partial charge in [-0.25, -0.2) is 0 Å². The summed E-state index contributed by atoms with van der Waals surface area (Å²) in [5.74, 6) is 0.716. The van der Waals surface area contributed by atoms with Gasteiger partial charge >= 0.3 is 0 Å². The van der Waals surface area contributed by atoms with Crippen LogP contribution in [0.3, 0.4) is 0 Å². The number of carbonyl (C=O) groups excluding carboxylic acids is 1. The molecule has 0 spiro atoms. The summed E-state index contributed by atoms with van der Waals surface area (Å²) in [7, 11) is 1.73. The number of para-hydroxylation sites is 2. The van der Waals surface area contributed by atoms with Crippen molar-refractivity contribution in [3.05, 3.63) is 24.3 Å². The second-order valence-electron chi connectivity index (χ2n) is 6.69. The summed E-state index contributed by atoms with van der Waals surface area (Å²) in [5.41, 5.74) is 6.52. The minimum Gasteiger partial charge on any atom is -0.495 e. The highest BCUT2D eigenvalue weighted by Crippen LogP contribution is 2.29. The maximum atomic E-state index is 11.2. The first-order valence-electron chi connectivity index (χ1n) is 8.80. The van der Waals surface area contributed by atoms with Crippen LogP contribution in [0.15, 0.2) is 24.3 Å². The number of methoxy groups -OCH3 is 1. The largest absolute Gasteiger partial charge is 0.495 e. The lowest BCUT2D eigenvalue weighted by atomic mass is 10.0. The third-order valence-electron chi connectivity index (χ3n) is 5.12. The Kier molecular flexibility index (Phi) is 5.58. The van der Waals surface area contributed by atoms with Crippen molar-refractivity contribution in [2.24, 2.45) is 5.73 Å². The number of rotatable bonds is 5. The van der Waals surface area contributed by atoms with Gasteiger partial charge in [-0.15, -0.1) is 0 Å². The van der Waals surface area contributed by atoms with Gasteiger partial charge in [-0.3, -0.25) is 14.6 Å². The zero-order valence-electron chi connectivity index (χ0n) is 14.5. The third kappa shape index (κ3) is 3.99. The van der Waals surface area contributed by atoms with E-state index in [1.807, 2.05) is 12.1 Å². The van der Waals surface area contributed by atoms with E-state index in [-0.39, 0.29) is 5.91 Å². The van der Waals surface area contributed by atoms with Gasteiger partial charge in [0.1, 0.15) is 5.75 Å². The molecule has 1 atom stereocenters. The van der Waals surface area contributed by atoms with Gasteiger partial charge < -0.3 is 15.4 Å². The number of likely N-dealkylation sites (tertiary alicyclic amines) is 1. The van der Waals surface area contributed by atoms with Gasteiger partial charge in [-0.2, -0.15) is 0 Å². The van der Waals surface area contributed by atoms with Gasteiger partial charge in [0, 0.05) is 38.8 Å². The molecule has 0 aliphatic carbocycles.